The smallest absolute Gasteiger partial charge is 0.387 e. The molecule has 0 aromatic heterocycles. The predicted molar refractivity (Wildman–Crippen MR) is 116 cm³/mol. The van der Waals surface area contributed by atoms with Crippen LogP contribution in [-0.2, 0) is 0 Å². The van der Waals surface area contributed by atoms with Crippen LogP contribution in [0.1, 0.15) is 95.5 Å². The molecule has 2 aliphatic rings. The summed E-state index contributed by atoms with van der Waals surface area (Å²) < 4.78 is 56.7. The first-order chi connectivity index (χ1) is 15.0. The molecule has 5 heteroatoms. The number of rotatable bonds is 9. The van der Waals surface area contributed by atoms with Crippen molar-refractivity contribution in [2.75, 3.05) is 0 Å². The third kappa shape index (κ3) is 7.25. The highest BCUT2D eigenvalue weighted by molar-refractivity contribution is 5.33. The van der Waals surface area contributed by atoms with Crippen LogP contribution in [0.5, 0.6) is 5.75 Å². The lowest BCUT2D eigenvalue weighted by Crippen LogP contribution is -2.17. The van der Waals surface area contributed by atoms with Gasteiger partial charge in [-0.25, -0.2) is 8.78 Å². The minimum Gasteiger partial charge on any atom is -0.429 e. The highest BCUT2D eigenvalue weighted by Gasteiger charge is 2.26. The zero-order valence-electron chi connectivity index (χ0n) is 18.6. The molecule has 0 N–H and O–H groups in total. The van der Waals surface area contributed by atoms with Gasteiger partial charge in [0.05, 0.1) is 0 Å². The van der Waals surface area contributed by atoms with Gasteiger partial charge in [0, 0.05) is 0 Å². The number of benzene rings is 1. The molecular weight excluding hydrogens is 404 g/mol. The summed E-state index contributed by atoms with van der Waals surface area (Å²) in [7, 11) is 0. The summed E-state index contributed by atoms with van der Waals surface area (Å²) in [4.78, 5) is 0. The first-order valence-electron chi connectivity index (χ1n) is 12.1. The average Bonchev–Trinajstić information content (AvgIpc) is 2.76. The zero-order chi connectivity index (χ0) is 22.2. The lowest BCUT2D eigenvalue weighted by Gasteiger charge is -2.31. The summed E-state index contributed by atoms with van der Waals surface area (Å²) in [5, 5.41) is 0. The van der Waals surface area contributed by atoms with Crippen molar-refractivity contribution in [3.63, 3.8) is 0 Å². The van der Waals surface area contributed by atoms with Gasteiger partial charge in [0.2, 0.25) is 0 Å². The number of hydrogen-bond donors (Lipinski definition) is 0. The fourth-order valence-corrected chi connectivity index (χ4v) is 5.40. The van der Waals surface area contributed by atoms with Crippen molar-refractivity contribution in [3.05, 3.63) is 41.5 Å². The topological polar surface area (TPSA) is 9.23 Å². The van der Waals surface area contributed by atoms with E-state index in [-0.39, 0.29) is 5.92 Å². The van der Waals surface area contributed by atoms with Gasteiger partial charge in [0.1, 0.15) is 0 Å². The predicted octanol–water partition coefficient (Wildman–Crippen LogP) is 8.78. The maximum absolute atomic E-state index is 14.0. The highest BCUT2D eigenvalue weighted by Crippen LogP contribution is 2.41. The second-order valence-corrected chi connectivity index (χ2v) is 9.48. The molecule has 0 amide bonds. The molecule has 2 aliphatic carbocycles. The first kappa shape index (κ1) is 24.1. The summed E-state index contributed by atoms with van der Waals surface area (Å²) in [6.45, 7) is -1.02. The molecule has 31 heavy (non-hydrogen) atoms. The van der Waals surface area contributed by atoms with Gasteiger partial charge in [-0.15, -0.1) is 0 Å². The number of unbranched alkanes of at least 4 members (excludes halogenated alkanes) is 1. The Morgan fingerprint density at radius 3 is 1.97 bits per heavy atom. The third-order valence-corrected chi connectivity index (χ3v) is 7.28. The fourth-order valence-electron chi connectivity index (χ4n) is 5.40. The Morgan fingerprint density at radius 1 is 0.903 bits per heavy atom. The van der Waals surface area contributed by atoms with E-state index in [1.165, 1.54) is 63.5 Å². The summed E-state index contributed by atoms with van der Waals surface area (Å²) in [5.41, 5.74) is 0.560. The Morgan fingerprint density at radius 2 is 1.45 bits per heavy atom. The molecule has 174 valence electrons. The van der Waals surface area contributed by atoms with Crippen molar-refractivity contribution in [3.8, 4) is 5.75 Å². The van der Waals surface area contributed by atoms with Crippen LogP contribution in [0.2, 0.25) is 0 Å². The second-order valence-electron chi connectivity index (χ2n) is 9.48. The van der Waals surface area contributed by atoms with Crippen molar-refractivity contribution >= 4 is 0 Å². The second kappa shape index (κ2) is 11.9. The van der Waals surface area contributed by atoms with E-state index in [1.54, 1.807) is 0 Å². The van der Waals surface area contributed by atoms with Crippen molar-refractivity contribution in [1.82, 2.24) is 0 Å². The van der Waals surface area contributed by atoms with E-state index >= 15 is 0 Å². The maximum atomic E-state index is 14.0. The lowest BCUT2D eigenvalue weighted by atomic mass is 9.74. The van der Waals surface area contributed by atoms with E-state index in [0.717, 1.165) is 37.5 Å². The quantitative estimate of drug-likeness (QED) is 0.275. The molecule has 3 rings (SSSR count). The molecule has 0 atom stereocenters. The molecule has 0 bridgehead atoms. The van der Waals surface area contributed by atoms with Crippen LogP contribution in [0.15, 0.2) is 24.3 Å². The Balaban J connectivity index is 1.40. The summed E-state index contributed by atoms with van der Waals surface area (Å²) in [6.07, 6.45) is 19.0. The Labute approximate surface area is 184 Å². The van der Waals surface area contributed by atoms with Crippen LogP contribution in [0.3, 0.4) is 0 Å². The molecule has 0 saturated heterocycles. The van der Waals surface area contributed by atoms with E-state index in [4.69, 9.17) is 0 Å². The largest absolute Gasteiger partial charge is 0.429 e. The monoisotopic (exact) mass is 440 g/mol. The van der Waals surface area contributed by atoms with Crippen molar-refractivity contribution in [2.45, 2.75) is 96.5 Å². The Bertz CT molecular complexity index is 678. The molecule has 0 aliphatic heterocycles. The number of allylic oxidation sites excluding steroid dienone is 2. The lowest BCUT2D eigenvalue weighted by molar-refractivity contribution is -0.0546. The van der Waals surface area contributed by atoms with Gasteiger partial charge >= 0.3 is 6.61 Å². The van der Waals surface area contributed by atoms with Crippen LogP contribution >= 0.6 is 0 Å². The van der Waals surface area contributed by atoms with Gasteiger partial charge in [-0.05, 0) is 99.2 Å². The SMILES string of the molecule is CCCC=CC1CCC(CCC2CCC(c3cc(F)c(OC(F)F)c(F)c3)CC2)CC1. The highest BCUT2D eigenvalue weighted by atomic mass is 19.3. The Kier molecular flexibility index (Phi) is 9.28. The molecule has 1 aromatic carbocycles. The molecule has 0 heterocycles. The molecule has 0 radical (unpaired) electrons. The Hall–Kier alpha value is -1.52. The van der Waals surface area contributed by atoms with Gasteiger partial charge in [-0.1, -0.05) is 38.3 Å². The van der Waals surface area contributed by atoms with Crippen LogP contribution in [0.4, 0.5) is 17.6 Å². The molecule has 0 unspecified atom stereocenters. The minimum atomic E-state index is -3.24. The third-order valence-electron chi connectivity index (χ3n) is 7.28. The van der Waals surface area contributed by atoms with Crippen molar-refractivity contribution < 1.29 is 22.3 Å². The average molecular weight is 441 g/mol. The molecule has 1 aromatic rings. The molecular formula is C26H36F4O. The first-order valence-corrected chi connectivity index (χ1v) is 12.1. The van der Waals surface area contributed by atoms with E-state index in [2.05, 4.69) is 23.8 Å². The normalized spacial score (nSPS) is 27.2. The molecule has 1 nitrogen and oxygen atoms in total. The maximum Gasteiger partial charge on any atom is 0.387 e. The number of alkyl halides is 2. The van der Waals surface area contributed by atoms with Gasteiger partial charge in [0.15, 0.2) is 17.4 Å². The summed E-state index contributed by atoms with van der Waals surface area (Å²) >= 11 is 0. The van der Waals surface area contributed by atoms with Crippen LogP contribution < -0.4 is 4.74 Å². The van der Waals surface area contributed by atoms with E-state index in [9.17, 15) is 17.6 Å². The minimum absolute atomic E-state index is 0.0891. The fraction of sp³-hybridized carbons (Fsp3) is 0.692. The van der Waals surface area contributed by atoms with Gasteiger partial charge in [0.25, 0.3) is 0 Å². The van der Waals surface area contributed by atoms with Crippen LogP contribution in [-0.4, -0.2) is 6.61 Å². The van der Waals surface area contributed by atoms with Crippen LogP contribution in [0, 0.1) is 29.4 Å². The van der Waals surface area contributed by atoms with Crippen molar-refractivity contribution in [2.24, 2.45) is 17.8 Å². The van der Waals surface area contributed by atoms with Gasteiger partial charge in [-0.3, -0.25) is 0 Å². The van der Waals surface area contributed by atoms with Crippen LogP contribution in [0.25, 0.3) is 0 Å². The number of halogens is 4. The summed E-state index contributed by atoms with van der Waals surface area (Å²) in [6, 6.07) is 2.33. The van der Waals surface area contributed by atoms with E-state index in [1.807, 2.05) is 0 Å². The zero-order valence-corrected chi connectivity index (χ0v) is 18.6. The van der Waals surface area contributed by atoms with Gasteiger partial charge < -0.3 is 4.74 Å². The molecule has 2 saturated carbocycles. The molecule has 2 fully saturated rings. The van der Waals surface area contributed by atoms with Crippen molar-refractivity contribution in [1.29, 1.82) is 0 Å². The van der Waals surface area contributed by atoms with E-state index < -0.39 is 24.0 Å². The van der Waals surface area contributed by atoms with E-state index in [0.29, 0.717) is 11.5 Å². The molecule has 0 spiro atoms. The van der Waals surface area contributed by atoms with Gasteiger partial charge in [-0.2, -0.15) is 8.78 Å². The number of hydrogen-bond acceptors (Lipinski definition) is 1. The number of ether oxygens (including phenoxy) is 1. The standard InChI is InChI=1S/C26H36F4O/c1-2-3-4-5-18-6-8-19(9-7-18)10-11-20-12-14-21(15-13-20)22-16-23(27)25(24(28)17-22)31-26(29)30/h4-5,16-21,26H,2-3,6-15H2,1H3. The summed E-state index contributed by atoms with van der Waals surface area (Å²) in [5.74, 6) is -0.672.